The lowest BCUT2D eigenvalue weighted by atomic mass is 10.1. The second-order valence-corrected chi connectivity index (χ2v) is 11.4. The van der Waals surface area contributed by atoms with Gasteiger partial charge in [0.05, 0.1) is 5.69 Å². The van der Waals surface area contributed by atoms with Crippen molar-refractivity contribution in [1.29, 1.82) is 0 Å². The summed E-state index contributed by atoms with van der Waals surface area (Å²) >= 11 is 0. The van der Waals surface area contributed by atoms with Crippen LogP contribution in [0.4, 0.5) is 21.6 Å². The largest absolute Gasteiger partial charge is 0.483 e. The number of hydrogen-bond donors (Lipinski definition) is 3. The van der Waals surface area contributed by atoms with Gasteiger partial charge in [0, 0.05) is 46.6 Å². The van der Waals surface area contributed by atoms with E-state index in [2.05, 4.69) is 73.8 Å². The van der Waals surface area contributed by atoms with E-state index in [0.717, 1.165) is 55.3 Å². The molecular weight excluding hydrogens is 583 g/mol. The van der Waals surface area contributed by atoms with Crippen LogP contribution >= 0.6 is 0 Å². The van der Waals surface area contributed by atoms with E-state index in [1.54, 1.807) is 24.3 Å². The van der Waals surface area contributed by atoms with E-state index in [9.17, 15) is 12.8 Å². The molecule has 3 N–H and O–H groups in total. The molecule has 2 heterocycles. The van der Waals surface area contributed by atoms with Gasteiger partial charge in [-0.3, -0.25) is 9.52 Å². The third kappa shape index (κ3) is 8.17. The molecule has 0 bridgehead atoms. The molecule has 2 aromatic heterocycles. The predicted molar refractivity (Wildman–Crippen MR) is 171 cm³/mol. The maximum atomic E-state index is 14.0. The van der Waals surface area contributed by atoms with Crippen LogP contribution in [-0.2, 0) is 21.4 Å². The smallest absolute Gasteiger partial charge is 0.290 e. The summed E-state index contributed by atoms with van der Waals surface area (Å²) in [6.07, 6.45) is 4.76. The lowest BCUT2D eigenvalue weighted by Crippen LogP contribution is -2.24. The van der Waals surface area contributed by atoms with Gasteiger partial charge in [0.2, 0.25) is 0 Å². The van der Waals surface area contributed by atoms with Crippen LogP contribution in [0.15, 0.2) is 96.3 Å². The van der Waals surface area contributed by atoms with Crippen molar-refractivity contribution in [2.24, 2.45) is 0 Å². The quantitative estimate of drug-likeness (QED) is 0.141. The number of nitrogens with one attached hydrogen (secondary N) is 2. The number of fused-ring (bicyclic) bond motifs is 1. The van der Waals surface area contributed by atoms with Crippen LogP contribution < -0.4 is 10.0 Å². The van der Waals surface area contributed by atoms with Gasteiger partial charge in [-0.15, -0.1) is 0 Å². The third-order valence-electron chi connectivity index (χ3n) is 7.04. The molecule has 0 aliphatic carbocycles. The maximum absolute atomic E-state index is 14.0. The minimum absolute atomic E-state index is 0.250. The minimum Gasteiger partial charge on any atom is -0.483 e. The molecule has 10 nitrogen and oxygen atoms in total. The zero-order chi connectivity index (χ0) is 31.5. The monoisotopic (exact) mass is 618 g/mol. The maximum Gasteiger partial charge on any atom is 0.290 e. The summed E-state index contributed by atoms with van der Waals surface area (Å²) in [5.74, 6) is -0.204. The number of carbonyl (C=O) groups is 1. The van der Waals surface area contributed by atoms with Gasteiger partial charge in [0.15, 0.2) is 0 Å². The summed E-state index contributed by atoms with van der Waals surface area (Å²) in [5.41, 5.74) is 4.00. The van der Waals surface area contributed by atoms with Gasteiger partial charge in [-0.2, -0.15) is 0 Å². The number of sulfonamides is 1. The van der Waals surface area contributed by atoms with Crippen LogP contribution in [-0.4, -0.2) is 59.1 Å². The molecule has 0 unspecified atom stereocenters. The molecule has 3 aromatic carbocycles. The molecule has 230 valence electrons. The highest BCUT2D eigenvalue weighted by Gasteiger charge is 2.18. The zero-order valence-electron chi connectivity index (χ0n) is 24.5. The van der Waals surface area contributed by atoms with E-state index in [4.69, 9.17) is 9.90 Å². The standard InChI is InChI=1S/C31H33FN6O2S.CH2O2/c1-3-37(4-2)17-7-18-38-19-16-24-20-23(10-15-29(24)38)28-21-31(34-22-33-28)35-25-11-13-26(14-12-25)36-41(39,40)30-9-6-5-8-27(30)32;2-1-3/h5-6,8-16,19-22,36H,3-4,7,17-18H2,1-2H3,(H,33,34,35);1H,(H,2,3). The van der Waals surface area contributed by atoms with Crippen LogP contribution in [0.1, 0.15) is 20.3 Å². The Labute approximate surface area is 256 Å². The first kappa shape index (κ1) is 32.1. The summed E-state index contributed by atoms with van der Waals surface area (Å²) in [6.45, 7) is 8.37. The van der Waals surface area contributed by atoms with Crippen LogP contribution in [0.25, 0.3) is 22.2 Å². The summed E-state index contributed by atoms with van der Waals surface area (Å²) < 4.78 is 43.8. The Morgan fingerprint density at radius 1 is 0.955 bits per heavy atom. The number of hydrogen-bond acceptors (Lipinski definition) is 7. The SMILES string of the molecule is CCN(CC)CCCn1ccc2cc(-c3cc(Nc4ccc(NS(=O)(=O)c5ccccc5F)cc4)ncn3)ccc21.O=CO. The van der Waals surface area contributed by atoms with Crippen LogP contribution in [0.3, 0.4) is 0 Å². The topological polar surface area (TPSA) is 129 Å². The number of halogens is 1. The van der Waals surface area contributed by atoms with Crippen molar-refractivity contribution in [1.82, 2.24) is 19.4 Å². The minimum atomic E-state index is -4.05. The number of anilines is 3. The number of carboxylic acid groups (broad SMARTS) is 1. The molecule has 0 radical (unpaired) electrons. The van der Waals surface area contributed by atoms with Gasteiger partial charge in [0.1, 0.15) is 22.9 Å². The van der Waals surface area contributed by atoms with E-state index in [1.165, 1.54) is 30.0 Å². The second kappa shape index (κ2) is 15.1. The first-order valence-corrected chi connectivity index (χ1v) is 15.6. The zero-order valence-corrected chi connectivity index (χ0v) is 25.3. The Balaban J connectivity index is 0.00000141. The molecule has 0 fully saturated rings. The fraction of sp³-hybridized carbons (Fsp3) is 0.219. The Kier molecular flexibility index (Phi) is 11.0. The Morgan fingerprint density at radius 2 is 1.66 bits per heavy atom. The lowest BCUT2D eigenvalue weighted by molar-refractivity contribution is -0.122. The number of aryl methyl sites for hydroxylation is 1. The fourth-order valence-corrected chi connectivity index (χ4v) is 5.92. The molecule has 5 rings (SSSR count). The van der Waals surface area contributed by atoms with Crippen molar-refractivity contribution >= 4 is 44.6 Å². The highest BCUT2D eigenvalue weighted by Crippen LogP contribution is 2.27. The second-order valence-electron chi connectivity index (χ2n) is 9.80. The van der Waals surface area contributed by atoms with E-state index in [-0.39, 0.29) is 6.47 Å². The first-order chi connectivity index (χ1) is 21.3. The highest BCUT2D eigenvalue weighted by atomic mass is 32.2. The van der Waals surface area contributed by atoms with E-state index in [0.29, 0.717) is 17.2 Å². The molecule has 44 heavy (non-hydrogen) atoms. The lowest BCUT2D eigenvalue weighted by Gasteiger charge is -2.18. The normalized spacial score (nSPS) is 11.2. The summed E-state index contributed by atoms with van der Waals surface area (Å²) in [7, 11) is -4.05. The van der Waals surface area contributed by atoms with Gasteiger partial charge < -0.3 is 19.9 Å². The van der Waals surface area contributed by atoms with Crippen molar-refractivity contribution in [2.45, 2.75) is 31.7 Å². The number of rotatable bonds is 12. The van der Waals surface area contributed by atoms with E-state index >= 15 is 0 Å². The van der Waals surface area contributed by atoms with Gasteiger partial charge in [-0.1, -0.05) is 32.0 Å². The number of benzene rings is 3. The summed E-state index contributed by atoms with van der Waals surface area (Å²) in [6, 6.07) is 22.3. The highest BCUT2D eigenvalue weighted by molar-refractivity contribution is 7.92. The van der Waals surface area contributed by atoms with Crippen molar-refractivity contribution in [3.8, 4) is 11.3 Å². The average molecular weight is 619 g/mol. The fourth-order valence-electron chi connectivity index (χ4n) is 4.78. The molecular formula is C32H35FN6O4S. The third-order valence-corrected chi connectivity index (χ3v) is 8.45. The Morgan fingerprint density at radius 3 is 2.36 bits per heavy atom. The number of aromatic nitrogens is 3. The predicted octanol–water partition coefficient (Wildman–Crippen LogP) is 6.21. The van der Waals surface area contributed by atoms with Crippen molar-refractivity contribution in [2.75, 3.05) is 29.7 Å². The van der Waals surface area contributed by atoms with Crippen LogP contribution in [0.2, 0.25) is 0 Å². The van der Waals surface area contributed by atoms with Gasteiger partial charge >= 0.3 is 0 Å². The summed E-state index contributed by atoms with van der Waals surface area (Å²) in [4.78, 5) is 19.2. The molecule has 0 saturated heterocycles. The van der Waals surface area contributed by atoms with E-state index < -0.39 is 20.7 Å². The molecule has 0 spiro atoms. The average Bonchev–Trinajstić information content (AvgIpc) is 3.43. The van der Waals surface area contributed by atoms with Crippen LogP contribution in [0.5, 0.6) is 0 Å². The van der Waals surface area contributed by atoms with Crippen molar-refractivity contribution in [3.63, 3.8) is 0 Å². The van der Waals surface area contributed by atoms with E-state index in [1.807, 2.05) is 6.07 Å². The van der Waals surface area contributed by atoms with Crippen molar-refractivity contribution < 1.29 is 22.7 Å². The molecule has 5 aromatic rings. The van der Waals surface area contributed by atoms with Gasteiger partial charge in [0.25, 0.3) is 16.5 Å². The Bertz CT molecular complexity index is 1790. The molecule has 0 amide bonds. The summed E-state index contributed by atoms with van der Waals surface area (Å²) in [5, 5.41) is 11.3. The van der Waals surface area contributed by atoms with Gasteiger partial charge in [-0.05, 0) is 80.7 Å². The molecule has 0 saturated carbocycles. The molecule has 12 heteroatoms. The number of nitrogens with zero attached hydrogens (tertiary/aromatic N) is 4. The van der Waals surface area contributed by atoms with Crippen LogP contribution in [0, 0.1) is 5.82 Å². The van der Waals surface area contributed by atoms with Gasteiger partial charge in [-0.25, -0.2) is 22.8 Å². The van der Waals surface area contributed by atoms with Crippen molar-refractivity contribution in [3.05, 3.63) is 97.2 Å². The first-order valence-electron chi connectivity index (χ1n) is 14.1. The molecule has 0 aliphatic rings. The Hall–Kier alpha value is -4.81. The molecule has 0 atom stereocenters. The molecule has 0 aliphatic heterocycles.